The van der Waals surface area contributed by atoms with Gasteiger partial charge in [0.15, 0.2) is 0 Å². The fourth-order valence-corrected chi connectivity index (χ4v) is 2.44. The number of benzene rings is 2. The van der Waals surface area contributed by atoms with Gasteiger partial charge in [-0.15, -0.1) is 12.4 Å². The Morgan fingerprint density at radius 3 is 2.42 bits per heavy atom. The average Bonchev–Trinajstić information content (AvgIpc) is 2.55. The standard InChI is InChI=1S/C18H21FN2O2.ClH/c1-21(2)16(14-9-5-7-11-17(14)23-3)12-20-18(22)13-8-4-6-10-15(13)19;/h4-11,16H,12H2,1-3H3,(H,20,22);1H. The summed E-state index contributed by atoms with van der Waals surface area (Å²) in [7, 11) is 5.46. The van der Waals surface area contributed by atoms with Crippen LogP contribution in [-0.2, 0) is 0 Å². The third kappa shape index (κ3) is 4.69. The summed E-state index contributed by atoms with van der Waals surface area (Å²) in [5, 5.41) is 2.79. The van der Waals surface area contributed by atoms with Crippen molar-refractivity contribution in [3.63, 3.8) is 0 Å². The van der Waals surface area contributed by atoms with Gasteiger partial charge in [-0.2, -0.15) is 0 Å². The van der Waals surface area contributed by atoms with Crippen LogP contribution >= 0.6 is 12.4 Å². The predicted molar refractivity (Wildman–Crippen MR) is 95.4 cm³/mol. The number of nitrogens with zero attached hydrogens (tertiary/aromatic N) is 1. The second-order valence-corrected chi connectivity index (χ2v) is 5.41. The summed E-state index contributed by atoms with van der Waals surface area (Å²) in [5.41, 5.74) is 1.01. The van der Waals surface area contributed by atoms with Gasteiger partial charge in [0.2, 0.25) is 0 Å². The highest BCUT2D eigenvalue weighted by Crippen LogP contribution is 2.27. The molecule has 1 N–H and O–H groups in total. The number of methoxy groups -OCH3 is 1. The lowest BCUT2D eigenvalue weighted by atomic mass is 10.0. The van der Waals surface area contributed by atoms with Crippen LogP contribution < -0.4 is 10.1 Å². The van der Waals surface area contributed by atoms with Gasteiger partial charge in [0.05, 0.1) is 18.7 Å². The Hall–Kier alpha value is -2.11. The first-order chi connectivity index (χ1) is 11.0. The second-order valence-electron chi connectivity index (χ2n) is 5.41. The maximum Gasteiger partial charge on any atom is 0.254 e. The van der Waals surface area contributed by atoms with Gasteiger partial charge >= 0.3 is 0 Å². The molecule has 0 heterocycles. The summed E-state index contributed by atoms with van der Waals surface area (Å²) in [5.74, 6) is -0.195. The van der Waals surface area contributed by atoms with Crippen molar-refractivity contribution in [3.8, 4) is 5.75 Å². The van der Waals surface area contributed by atoms with Gasteiger partial charge in [-0.25, -0.2) is 4.39 Å². The molecule has 0 saturated carbocycles. The zero-order chi connectivity index (χ0) is 16.8. The smallest absolute Gasteiger partial charge is 0.254 e. The fraction of sp³-hybridized carbons (Fsp3) is 0.278. The number of ether oxygens (including phenoxy) is 1. The molecule has 24 heavy (non-hydrogen) atoms. The van der Waals surface area contributed by atoms with E-state index in [-0.39, 0.29) is 24.0 Å². The summed E-state index contributed by atoms with van der Waals surface area (Å²) in [6.45, 7) is 0.348. The highest BCUT2D eigenvalue weighted by molar-refractivity contribution is 5.94. The van der Waals surface area contributed by atoms with Crippen LogP contribution in [0.5, 0.6) is 5.75 Å². The molecule has 0 saturated heterocycles. The number of hydrogen-bond acceptors (Lipinski definition) is 3. The molecule has 4 nitrogen and oxygen atoms in total. The van der Waals surface area contributed by atoms with Crippen molar-refractivity contribution >= 4 is 18.3 Å². The SMILES string of the molecule is COc1ccccc1C(CNC(=O)c1ccccc1F)N(C)C.Cl. The molecule has 0 aliphatic heterocycles. The van der Waals surface area contributed by atoms with E-state index in [1.54, 1.807) is 19.2 Å². The highest BCUT2D eigenvalue weighted by atomic mass is 35.5. The summed E-state index contributed by atoms with van der Waals surface area (Å²) >= 11 is 0. The largest absolute Gasteiger partial charge is 0.496 e. The van der Waals surface area contributed by atoms with E-state index in [1.165, 1.54) is 12.1 Å². The van der Waals surface area contributed by atoms with Gasteiger partial charge in [0, 0.05) is 12.1 Å². The highest BCUT2D eigenvalue weighted by Gasteiger charge is 2.20. The third-order valence-corrected chi connectivity index (χ3v) is 3.70. The molecule has 2 rings (SSSR count). The van der Waals surface area contributed by atoms with Crippen LogP contribution in [0.4, 0.5) is 4.39 Å². The van der Waals surface area contributed by atoms with Gasteiger partial charge in [0.25, 0.3) is 5.91 Å². The number of nitrogens with one attached hydrogen (secondary N) is 1. The number of para-hydroxylation sites is 1. The number of rotatable bonds is 6. The second kappa shape index (κ2) is 9.25. The van der Waals surface area contributed by atoms with Crippen LogP contribution in [0.1, 0.15) is 22.0 Å². The molecule has 0 aromatic heterocycles. The topological polar surface area (TPSA) is 41.6 Å². The number of likely N-dealkylation sites (N-methyl/N-ethyl adjacent to an activating group) is 1. The molecular weight excluding hydrogens is 331 g/mol. The third-order valence-electron chi connectivity index (χ3n) is 3.70. The molecule has 1 amide bonds. The molecule has 2 aromatic rings. The van der Waals surface area contributed by atoms with Crippen molar-refractivity contribution in [2.24, 2.45) is 0 Å². The van der Waals surface area contributed by atoms with E-state index >= 15 is 0 Å². The van der Waals surface area contributed by atoms with Gasteiger partial charge in [-0.05, 0) is 32.3 Å². The minimum Gasteiger partial charge on any atom is -0.496 e. The zero-order valence-corrected chi connectivity index (χ0v) is 14.8. The fourth-order valence-electron chi connectivity index (χ4n) is 2.44. The van der Waals surface area contributed by atoms with Gasteiger partial charge in [-0.3, -0.25) is 4.79 Å². The van der Waals surface area contributed by atoms with E-state index in [0.717, 1.165) is 11.3 Å². The van der Waals surface area contributed by atoms with Crippen LogP contribution in [0.15, 0.2) is 48.5 Å². The van der Waals surface area contributed by atoms with Crippen LogP contribution in [-0.4, -0.2) is 38.6 Å². The Bertz CT molecular complexity index is 680. The summed E-state index contributed by atoms with van der Waals surface area (Å²) < 4.78 is 19.1. The van der Waals surface area contributed by atoms with Crippen LogP contribution in [0.25, 0.3) is 0 Å². The molecule has 0 bridgehead atoms. The lowest BCUT2D eigenvalue weighted by molar-refractivity contribution is 0.0937. The predicted octanol–water partition coefficient (Wildman–Crippen LogP) is 3.29. The maximum absolute atomic E-state index is 13.7. The Kier molecular flexibility index (Phi) is 7.68. The van der Waals surface area contributed by atoms with Gasteiger partial charge in [-0.1, -0.05) is 30.3 Å². The summed E-state index contributed by atoms with van der Waals surface area (Å²) in [6, 6.07) is 13.5. The molecule has 0 aliphatic carbocycles. The molecule has 1 atom stereocenters. The van der Waals surface area contributed by atoms with Crippen molar-refractivity contribution < 1.29 is 13.9 Å². The number of carbonyl (C=O) groups is 1. The van der Waals surface area contributed by atoms with Crippen LogP contribution in [0.2, 0.25) is 0 Å². The van der Waals surface area contributed by atoms with E-state index < -0.39 is 11.7 Å². The molecule has 1 unspecified atom stereocenters. The normalized spacial score (nSPS) is 11.5. The van der Waals surface area contributed by atoms with Crippen molar-refractivity contribution in [3.05, 3.63) is 65.5 Å². The van der Waals surface area contributed by atoms with E-state index in [0.29, 0.717) is 6.54 Å². The van der Waals surface area contributed by atoms with Crippen molar-refractivity contribution in [2.45, 2.75) is 6.04 Å². The minimum atomic E-state index is -0.524. The first-order valence-electron chi connectivity index (χ1n) is 7.36. The Morgan fingerprint density at radius 1 is 1.17 bits per heavy atom. The monoisotopic (exact) mass is 352 g/mol. The maximum atomic E-state index is 13.7. The molecule has 0 aliphatic rings. The van der Waals surface area contributed by atoms with Crippen molar-refractivity contribution in [1.29, 1.82) is 0 Å². The molecule has 130 valence electrons. The molecular formula is C18H22ClFN2O2. The van der Waals surface area contributed by atoms with Gasteiger partial charge < -0.3 is 15.0 Å². The van der Waals surface area contributed by atoms with Crippen LogP contribution in [0, 0.1) is 5.82 Å². The van der Waals surface area contributed by atoms with Gasteiger partial charge in [0.1, 0.15) is 11.6 Å². The van der Waals surface area contributed by atoms with Crippen LogP contribution in [0.3, 0.4) is 0 Å². The van der Waals surface area contributed by atoms with E-state index in [1.807, 2.05) is 43.3 Å². The molecule has 6 heteroatoms. The lowest BCUT2D eigenvalue weighted by Gasteiger charge is -2.26. The summed E-state index contributed by atoms with van der Waals surface area (Å²) in [6.07, 6.45) is 0. The molecule has 0 radical (unpaired) electrons. The quantitative estimate of drug-likeness (QED) is 0.867. The zero-order valence-electron chi connectivity index (χ0n) is 14.0. The first-order valence-corrected chi connectivity index (χ1v) is 7.36. The number of hydrogen-bond donors (Lipinski definition) is 1. The van der Waals surface area contributed by atoms with E-state index in [2.05, 4.69) is 5.32 Å². The molecule has 0 fully saturated rings. The Balaban J connectivity index is 0.00000288. The van der Waals surface area contributed by atoms with E-state index in [4.69, 9.17) is 4.74 Å². The minimum absolute atomic E-state index is 0. The number of halogens is 2. The van der Waals surface area contributed by atoms with E-state index in [9.17, 15) is 9.18 Å². The van der Waals surface area contributed by atoms with Crippen molar-refractivity contribution in [1.82, 2.24) is 10.2 Å². The summed E-state index contributed by atoms with van der Waals surface area (Å²) in [4.78, 5) is 14.2. The number of amides is 1. The Labute approximate surface area is 148 Å². The Morgan fingerprint density at radius 2 is 1.79 bits per heavy atom. The lowest BCUT2D eigenvalue weighted by Crippen LogP contribution is -2.35. The first kappa shape index (κ1) is 19.9. The average molecular weight is 353 g/mol. The number of carbonyl (C=O) groups excluding carboxylic acids is 1. The van der Waals surface area contributed by atoms with Crippen molar-refractivity contribution in [2.75, 3.05) is 27.7 Å². The molecule has 2 aromatic carbocycles. The molecule has 0 spiro atoms.